The summed E-state index contributed by atoms with van der Waals surface area (Å²) in [5.74, 6) is 0. The average Bonchev–Trinajstić information content (AvgIpc) is 2.29. The van der Waals surface area contributed by atoms with Crippen LogP contribution in [0.25, 0.3) is 0 Å². The molecule has 0 saturated heterocycles. The smallest absolute Gasteiger partial charge is 0.115 e. The molecule has 1 aliphatic carbocycles. The lowest BCUT2D eigenvalue weighted by atomic mass is 9.94. The normalized spacial score (nSPS) is 21.9. The molecule has 0 spiro atoms. The summed E-state index contributed by atoms with van der Waals surface area (Å²) in [6, 6.07) is 0.268. The Morgan fingerprint density at radius 1 is 0.619 bits per heavy atom. The van der Waals surface area contributed by atoms with Crippen LogP contribution in [0.4, 0.5) is 0 Å². The maximum absolute atomic E-state index is 10.5. The van der Waals surface area contributed by atoms with E-state index in [0.717, 1.165) is 12.8 Å². The van der Waals surface area contributed by atoms with Crippen LogP contribution >= 0.6 is 0 Å². The van der Waals surface area contributed by atoms with Crippen molar-refractivity contribution in [3.05, 3.63) is 0 Å². The molecule has 126 valence electrons. The van der Waals surface area contributed by atoms with Crippen molar-refractivity contribution in [1.29, 1.82) is 0 Å². The molecule has 0 unspecified atom stereocenters. The average molecular weight is 299 g/mol. The first-order chi connectivity index (χ1) is 9.73. The molecule has 1 fully saturated rings. The van der Waals surface area contributed by atoms with Crippen molar-refractivity contribution in [3.8, 4) is 0 Å². The van der Waals surface area contributed by atoms with E-state index in [1.165, 1.54) is 57.8 Å². The molecule has 0 aliphatic heterocycles. The van der Waals surface area contributed by atoms with Gasteiger partial charge in [-0.25, -0.2) is 4.90 Å². The highest BCUT2D eigenvalue weighted by atomic mass is 16.3. The maximum atomic E-state index is 10.5. The Kier molecular flexibility index (Phi) is 7.66. The van der Waals surface area contributed by atoms with Gasteiger partial charge in [0.1, 0.15) is 11.4 Å². The fraction of sp³-hybridized carbons (Fsp3) is 1.00. The lowest BCUT2D eigenvalue weighted by Gasteiger charge is -2.47. The van der Waals surface area contributed by atoms with E-state index in [-0.39, 0.29) is 6.04 Å². The molecule has 1 saturated carbocycles. The SMILES string of the molecule is CC(C)(O)N(C1CCCCCCCCCCC1)C(C)(C)O. The molecular weight excluding hydrogens is 262 g/mol. The number of aliphatic hydroxyl groups is 2. The van der Waals surface area contributed by atoms with Gasteiger partial charge in [-0.15, -0.1) is 0 Å². The molecule has 1 aliphatic rings. The first-order valence-corrected chi connectivity index (χ1v) is 8.97. The van der Waals surface area contributed by atoms with Crippen molar-refractivity contribution in [3.63, 3.8) is 0 Å². The Balaban J connectivity index is 2.75. The fourth-order valence-corrected chi connectivity index (χ4v) is 3.96. The molecule has 0 heterocycles. The predicted molar refractivity (Wildman–Crippen MR) is 89.0 cm³/mol. The van der Waals surface area contributed by atoms with Crippen LogP contribution in [0.2, 0.25) is 0 Å². The highest BCUT2D eigenvalue weighted by molar-refractivity contribution is 4.85. The Labute approximate surface area is 131 Å². The lowest BCUT2D eigenvalue weighted by Crippen LogP contribution is -2.60. The molecule has 0 aromatic carbocycles. The molecule has 2 N–H and O–H groups in total. The van der Waals surface area contributed by atoms with Gasteiger partial charge in [-0.05, 0) is 40.5 Å². The van der Waals surface area contributed by atoms with Gasteiger partial charge in [0.2, 0.25) is 0 Å². The van der Waals surface area contributed by atoms with Gasteiger partial charge in [0, 0.05) is 6.04 Å². The summed E-state index contributed by atoms with van der Waals surface area (Å²) < 4.78 is 0. The number of hydrogen-bond acceptors (Lipinski definition) is 3. The van der Waals surface area contributed by atoms with Crippen molar-refractivity contribution >= 4 is 0 Å². The third-order valence-corrected chi connectivity index (χ3v) is 4.62. The molecule has 0 aromatic heterocycles. The summed E-state index contributed by atoms with van der Waals surface area (Å²) in [5, 5.41) is 21.0. The Morgan fingerprint density at radius 2 is 0.905 bits per heavy atom. The van der Waals surface area contributed by atoms with Crippen LogP contribution < -0.4 is 0 Å². The number of rotatable bonds is 3. The lowest BCUT2D eigenvalue weighted by molar-refractivity contribution is -0.221. The van der Waals surface area contributed by atoms with Crippen LogP contribution in [0, 0.1) is 0 Å². The predicted octanol–water partition coefficient (Wildman–Crippen LogP) is 4.42. The molecule has 1 rings (SSSR count). The molecule has 0 atom stereocenters. The number of hydrogen-bond donors (Lipinski definition) is 2. The van der Waals surface area contributed by atoms with Gasteiger partial charge >= 0.3 is 0 Å². The summed E-state index contributed by atoms with van der Waals surface area (Å²) >= 11 is 0. The first-order valence-electron chi connectivity index (χ1n) is 8.97. The summed E-state index contributed by atoms with van der Waals surface area (Å²) in [6.45, 7) is 7.17. The van der Waals surface area contributed by atoms with Gasteiger partial charge in [0.25, 0.3) is 0 Å². The van der Waals surface area contributed by atoms with Crippen LogP contribution in [0.15, 0.2) is 0 Å². The number of nitrogens with zero attached hydrogens (tertiary/aromatic N) is 1. The van der Waals surface area contributed by atoms with E-state index < -0.39 is 11.4 Å². The minimum absolute atomic E-state index is 0.268. The quantitative estimate of drug-likeness (QED) is 0.758. The van der Waals surface area contributed by atoms with E-state index in [4.69, 9.17) is 0 Å². The molecule has 3 heteroatoms. The van der Waals surface area contributed by atoms with Crippen LogP contribution in [0.1, 0.15) is 98.3 Å². The molecular formula is C18H37NO2. The largest absolute Gasteiger partial charge is 0.376 e. The molecule has 0 radical (unpaired) electrons. The third kappa shape index (κ3) is 7.12. The minimum Gasteiger partial charge on any atom is -0.376 e. The Hall–Kier alpha value is -0.120. The maximum Gasteiger partial charge on any atom is 0.115 e. The molecule has 21 heavy (non-hydrogen) atoms. The van der Waals surface area contributed by atoms with E-state index >= 15 is 0 Å². The zero-order chi connectivity index (χ0) is 15.9. The summed E-state index contributed by atoms with van der Waals surface area (Å²) in [4.78, 5) is 1.92. The Morgan fingerprint density at radius 3 is 1.19 bits per heavy atom. The Bertz CT molecular complexity index is 252. The van der Waals surface area contributed by atoms with Gasteiger partial charge in [-0.1, -0.05) is 57.8 Å². The second-order valence-corrected chi connectivity index (χ2v) is 7.77. The van der Waals surface area contributed by atoms with Crippen LogP contribution in [-0.2, 0) is 0 Å². The minimum atomic E-state index is -0.986. The van der Waals surface area contributed by atoms with Gasteiger partial charge in [-0.2, -0.15) is 0 Å². The van der Waals surface area contributed by atoms with Crippen molar-refractivity contribution in [1.82, 2.24) is 4.90 Å². The van der Waals surface area contributed by atoms with Crippen molar-refractivity contribution in [2.24, 2.45) is 0 Å². The van der Waals surface area contributed by atoms with Gasteiger partial charge in [-0.3, -0.25) is 0 Å². The van der Waals surface area contributed by atoms with Gasteiger partial charge in [0.15, 0.2) is 0 Å². The van der Waals surface area contributed by atoms with Crippen LogP contribution in [-0.4, -0.2) is 32.6 Å². The van der Waals surface area contributed by atoms with E-state index in [1.807, 2.05) is 4.90 Å². The van der Waals surface area contributed by atoms with Crippen molar-refractivity contribution in [2.75, 3.05) is 0 Å². The van der Waals surface area contributed by atoms with Gasteiger partial charge < -0.3 is 10.2 Å². The summed E-state index contributed by atoms with van der Waals surface area (Å²) in [6.07, 6.45) is 13.9. The second-order valence-electron chi connectivity index (χ2n) is 7.77. The van der Waals surface area contributed by atoms with E-state index in [9.17, 15) is 10.2 Å². The van der Waals surface area contributed by atoms with Crippen LogP contribution in [0.3, 0.4) is 0 Å². The highest BCUT2D eigenvalue weighted by Crippen LogP contribution is 2.30. The van der Waals surface area contributed by atoms with Crippen molar-refractivity contribution in [2.45, 2.75) is 116 Å². The fourth-order valence-electron chi connectivity index (χ4n) is 3.96. The monoisotopic (exact) mass is 299 g/mol. The topological polar surface area (TPSA) is 43.7 Å². The molecule has 0 aromatic rings. The first kappa shape index (κ1) is 18.9. The molecule has 3 nitrogen and oxygen atoms in total. The zero-order valence-electron chi connectivity index (χ0n) is 14.7. The highest BCUT2D eigenvalue weighted by Gasteiger charge is 2.39. The summed E-state index contributed by atoms with van der Waals surface area (Å²) in [5.41, 5.74) is -1.97. The summed E-state index contributed by atoms with van der Waals surface area (Å²) in [7, 11) is 0. The van der Waals surface area contributed by atoms with Gasteiger partial charge in [0.05, 0.1) is 0 Å². The van der Waals surface area contributed by atoms with E-state index in [1.54, 1.807) is 27.7 Å². The van der Waals surface area contributed by atoms with E-state index in [2.05, 4.69) is 0 Å². The van der Waals surface area contributed by atoms with E-state index in [0.29, 0.717) is 0 Å². The second kappa shape index (κ2) is 8.50. The third-order valence-electron chi connectivity index (χ3n) is 4.62. The molecule has 0 bridgehead atoms. The zero-order valence-corrected chi connectivity index (χ0v) is 14.7. The van der Waals surface area contributed by atoms with Crippen LogP contribution in [0.5, 0.6) is 0 Å². The van der Waals surface area contributed by atoms with Crippen molar-refractivity contribution < 1.29 is 10.2 Å². The molecule has 0 amide bonds. The standard InChI is InChI=1S/C18H37NO2/c1-17(2,20)19(18(3,4)21)16-14-12-10-8-6-5-7-9-11-13-15-16/h16,20-21H,5-15H2,1-4H3.